The SMILES string of the molecule is C=C/C(C)=C/CC1OC(C)C(NC(=O)/C=C\C(C)OC(=O)N2CCOCC2)CC1C. The van der Waals surface area contributed by atoms with Crippen LogP contribution in [0.25, 0.3) is 0 Å². The molecule has 0 aromatic heterocycles. The van der Waals surface area contributed by atoms with Crippen LogP contribution in [-0.4, -0.2) is 67.6 Å². The maximum absolute atomic E-state index is 12.3. The van der Waals surface area contributed by atoms with Gasteiger partial charge >= 0.3 is 6.09 Å². The molecule has 2 saturated heterocycles. The topological polar surface area (TPSA) is 77.1 Å². The Kier molecular flexibility index (Phi) is 9.59. The number of ether oxygens (including phenoxy) is 3. The van der Waals surface area contributed by atoms with Crippen molar-refractivity contribution in [3.63, 3.8) is 0 Å². The lowest BCUT2D eigenvalue weighted by Gasteiger charge is -2.39. The first-order valence-corrected chi connectivity index (χ1v) is 10.8. The van der Waals surface area contributed by atoms with Crippen LogP contribution in [-0.2, 0) is 19.0 Å². The van der Waals surface area contributed by atoms with Crippen molar-refractivity contribution in [3.8, 4) is 0 Å². The highest BCUT2D eigenvalue weighted by Gasteiger charge is 2.33. The molecule has 5 unspecified atom stereocenters. The summed E-state index contributed by atoms with van der Waals surface area (Å²) in [6, 6.07) is -0.0518. The van der Waals surface area contributed by atoms with Crippen molar-refractivity contribution in [2.24, 2.45) is 5.92 Å². The molecule has 0 aromatic rings. The lowest BCUT2D eigenvalue weighted by atomic mass is 9.88. The minimum atomic E-state index is -0.491. The van der Waals surface area contributed by atoms with Crippen LogP contribution in [0.2, 0.25) is 0 Å². The minimum Gasteiger partial charge on any atom is -0.442 e. The van der Waals surface area contributed by atoms with Crippen molar-refractivity contribution < 1.29 is 23.8 Å². The molecule has 2 heterocycles. The molecule has 0 aliphatic carbocycles. The number of amides is 2. The van der Waals surface area contributed by atoms with Gasteiger partial charge in [-0.05, 0) is 45.6 Å². The van der Waals surface area contributed by atoms with E-state index < -0.39 is 6.10 Å². The van der Waals surface area contributed by atoms with Gasteiger partial charge in [0, 0.05) is 19.2 Å². The quantitative estimate of drug-likeness (QED) is 0.505. The molecule has 0 bridgehead atoms. The number of morpholine rings is 1. The Balaban J connectivity index is 1.78. The second-order valence-corrected chi connectivity index (χ2v) is 8.14. The van der Waals surface area contributed by atoms with E-state index >= 15 is 0 Å². The van der Waals surface area contributed by atoms with Gasteiger partial charge in [0.15, 0.2) is 0 Å². The molecule has 5 atom stereocenters. The molecule has 0 aromatic carbocycles. The van der Waals surface area contributed by atoms with Crippen LogP contribution in [0, 0.1) is 5.92 Å². The Morgan fingerprint density at radius 2 is 2.00 bits per heavy atom. The average molecular weight is 421 g/mol. The molecule has 0 spiro atoms. The van der Waals surface area contributed by atoms with E-state index in [9.17, 15) is 9.59 Å². The van der Waals surface area contributed by atoms with E-state index in [1.165, 1.54) is 6.08 Å². The summed E-state index contributed by atoms with van der Waals surface area (Å²) in [5.41, 5.74) is 1.14. The van der Waals surface area contributed by atoms with Crippen LogP contribution in [0.5, 0.6) is 0 Å². The molecule has 7 nitrogen and oxygen atoms in total. The van der Waals surface area contributed by atoms with Gasteiger partial charge in [-0.3, -0.25) is 4.79 Å². The standard InChI is InChI=1S/C23H36N2O5/c1-6-16(2)7-9-21-17(3)15-20(19(5)30-21)24-22(26)10-8-18(4)29-23(27)25-11-13-28-14-12-25/h6-8,10,17-21H,1,9,11-15H2,2-5H3,(H,24,26)/b10-8-,16-7+. The first kappa shape index (κ1) is 24.2. The Morgan fingerprint density at radius 1 is 1.30 bits per heavy atom. The first-order valence-electron chi connectivity index (χ1n) is 10.8. The maximum atomic E-state index is 12.3. The van der Waals surface area contributed by atoms with Gasteiger partial charge in [0.1, 0.15) is 6.10 Å². The molecular formula is C23H36N2O5. The summed E-state index contributed by atoms with van der Waals surface area (Å²) < 4.78 is 16.7. The third-order valence-electron chi connectivity index (χ3n) is 5.61. The third kappa shape index (κ3) is 7.61. The molecular weight excluding hydrogens is 384 g/mol. The van der Waals surface area contributed by atoms with Gasteiger partial charge < -0.3 is 24.4 Å². The predicted molar refractivity (Wildman–Crippen MR) is 116 cm³/mol. The number of hydrogen-bond donors (Lipinski definition) is 1. The van der Waals surface area contributed by atoms with Gasteiger partial charge in [0.25, 0.3) is 0 Å². The summed E-state index contributed by atoms with van der Waals surface area (Å²) in [5.74, 6) is 0.121. The molecule has 2 amide bonds. The summed E-state index contributed by atoms with van der Waals surface area (Å²) in [5, 5.41) is 3.02. The molecule has 2 aliphatic rings. The Labute approximate surface area is 180 Å². The zero-order chi connectivity index (χ0) is 22.1. The van der Waals surface area contributed by atoms with E-state index in [4.69, 9.17) is 14.2 Å². The highest BCUT2D eigenvalue weighted by Crippen LogP contribution is 2.27. The largest absolute Gasteiger partial charge is 0.442 e. The van der Waals surface area contributed by atoms with Crippen molar-refractivity contribution in [2.75, 3.05) is 26.3 Å². The minimum absolute atomic E-state index is 0.0518. The summed E-state index contributed by atoms with van der Waals surface area (Å²) in [6.45, 7) is 13.8. The van der Waals surface area contributed by atoms with Gasteiger partial charge in [0.2, 0.25) is 5.91 Å². The lowest BCUT2D eigenvalue weighted by Crippen LogP contribution is -2.50. The molecule has 168 valence electrons. The Morgan fingerprint density at radius 3 is 2.67 bits per heavy atom. The van der Waals surface area contributed by atoms with Crippen LogP contribution in [0.1, 0.15) is 40.5 Å². The second kappa shape index (κ2) is 11.9. The zero-order valence-electron chi connectivity index (χ0n) is 18.6. The van der Waals surface area contributed by atoms with Gasteiger partial charge in [-0.15, -0.1) is 0 Å². The molecule has 30 heavy (non-hydrogen) atoms. The fourth-order valence-electron chi connectivity index (χ4n) is 3.57. The molecule has 1 N–H and O–H groups in total. The van der Waals surface area contributed by atoms with Gasteiger partial charge in [0.05, 0.1) is 31.5 Å². The summed E-state index contributed by atoms with van der Waals surface area (Å²) in [4.78, 5) is 26.0. The van der Waals surface area contributed by atoms with E-state index in [-0.39, 0.29) is 30.3 Å². The highest BCUT2D eigenvalue weighted by atomic mass is 16.6. The molecule has 0 radical (unpaired) electrons. The van der Waals surface area contributed by atoms with Crippen LogP contribution < -0.4 is 5.32 Å². The number of nitrogens with zero attached hydrogens (tertiary/aromatic N) is 1. The zero-order valence-corrected chi connectivity index (χ0v) is 18.6. The first-order chi connectivity index (χ1) is 14.3. The number of carbonyl (C=O) groups excluding carboxylic acids is 2. The van der Waals surface area contributed by atoms with Crippen molar-refractivity contribution >= 4 is 12.0 Å². The maximum Gasteiger partial charge on any atom is 0.410 e. The fraction of sp³-hybridized carbons (Fsp3) is 0.652. The Hall–Kier alpha value is -2.12. The number of allylic oxidation sites excluding steroid dienone is 2. The van der Waals surface area contributed by atoms with Crippen LogP contribution in [0.3, 0.4) is 0 Å². The van der Waals surface area contributed by atoms with E-state index in [0.717, 1.165) is 18.4 Å². The lowest BCUT2D eigenvalue weighted by molar-refractivity contribution is -0.123. The Bertz CT molecular complexity index is 654. The molecule has 0 saturated carbocycles. The summed E-state index contributed by atoms with van der Waals surface area (Å²) in [6.07, 6.45) is 7.89. The fourth-order valence-corrected chi connectivity index (χ4v) is 3.57. The number of carbonyl (C=O) groups is 2. The average Bonchev–Trinajstić information content (AvgIpc) is 2.74. The number of hydrogen-bond acceptors (Lipinski definition) is 5. The van der Waals surface area contributed by atoms with Crippen LogP contribution >= 0.6 is 0 Å². The predicted octanol–water partition coefficient (Wildman–Crippen LogP) is 3.22. The van der Waals surface area contributed by atoms with Crippen molar-refractivity contribution in [3.05, 3.63) is 36.5 Å². The van der Waals surface area contributed by atoms with Crippen molar-refractivity contribution in [1.82, 2.24) is 10.2 Å². The number of rotatable bonds is 7. The monoisotopic (exact) mass is 420 g/mol. The number of nitrogens with one attached hydrogen (secondary N) is 1. The van der Waals surface area contributed by atoms with E-state index in [1.54, 1.807) is 17.9 Å². The smallest absolute Gasteiger partial charge is 0.410 e. The summed E-state index contributed by atoms with van der Waals surface area (Å²) in [7, 11) is 0. The molecule has 2 rings (SSSR count). The van der Waals surface area contributed by atoms with Crippen molar-refractivity contribution in [1.29, 1.82) is 0 Å². The van der Waals surface area contributed by atoms with E-state index in [2.05, 4.69) is 24.9 Å². The van der Waals surface area contributed by atoms with E-state index in [0.29, 0.717) is 32.2 Å². The van der Waals surface area contributed by atoms with Crippen LogP contribution in [0.4, 0.5) is 4.79 Å². The second-order valence-electron chi connectivity index (χ2n) is 8.14. The van der Waals surface area contributed by atoms with E-state index in [1.807, 2.05) is 19.9 Å². The normalized spacial score (nSPS) is 28.8. The molecule has 2 aliphatic heterocycles. The van der Waals surface area contributed by atoms with Crippen molar-refractivity contribution in [2.45, 2.75) is 64.9 Å². The third-order valence-corrected chi connectivity index (χ3v) is 5.61. The molecule has 2 fully saturated rings. The molecule has 7 heteroatoms. The van der Waals surface area contributed by atoms with Gasteiger partial charge in [-0.25, -0.2) is 4.79 Å². The van der Waals surface area contributed by atoms with Gasteiger partial charge in [-0.1, -0.05) is 31.2 Å². The summed E-state index contributed by atoms with van der Waals surface area (Å²) >= 11 is 0. The van der Waals surface area contributed by atoms with Gasteiger partial charge in [-0.2, -0.15) is 0 Å². The highest BCUT2D eigenvalue weighted by molar-refractivity contribution is 5.87. The van der Waals surface area contributed by atoms with Crippen LogP contribution in [0.15, 0.2) is 36.5 Å².